The first-order valence-corrected chi connectivity index (χ1v) is 11.1. The van der Waals surface area contributed by atoms with Crippen molar-refractivity contribution in [2.24, 2.45) is 11.8 Å². The Balaban J connectivity index is 1.39. The smallest absolute Gasteiger partial charge is 0.277 e. The molecule has 2 atom stereocenters. The predicted molar refractivity (Wildman–Crippen MR) is 119 cm³/mol. The van der Waals surface area contributed by atoms with Crippen molar-refractivity contribution in [3.8, 4) is 5.75 Å². The van der Waals surface area contributed by atoms with Crippen molar-refractivity contribution < 1.29 is 14.4 Å². The van der Waals surface area contributed by atoms with Gasteiger partial charge in [0.2, 0.25) is 0 Å². The summed E-state index contributed by atoms with van der Waals surface area (Å²) in [5.74, 6) is 2.40. The molecule has 2 saturated heterocycles. The normalized spacial score (nSPS) is 23.0. The number of thiocarbonyl (C=S) groups is 1. The van der Waals surface area contributed by atoms with Gasteiger partial charge in [-0.1, -0.05) is 26.0 Å². The van der Waals surface area contributed by atoms with Gasteiger partial charge in [0, 0.05) is 19.6 Å². The molecule has 0 aromatic heterocycles. The van der Waals surface area contributed by atoms with E-state index < -0.39 is 0 Å². The molecule has 0 radical (unpaired) electrons. The average molecular weight is 420 g/mol. The van der Waals surface area contributed by atoms with Crippen molar-refractivity contribution in [3.05, 3.63) is 29.8 Å². The second-order valence-corrected chi connectivity index (χ2v) is 9.05. The van der Waals surface area contributed by atoms with Crippen LogP contribution < -0.4 is 15.0 Å². The predicted octanol–water partition coefficient (Wildman–Crippen LogP) is 0.775. The molecule has 2 N–H and O–H groups in total. The Morgan fingerprint density at radius 3 is 2.34 bits per heavy atom. The lowest BCUT2D eigenvalue weighted by Crippen LogP contribution is -3.16. The molecule has 0 aliphatic carbocycles. The van der Waals surface area contributed by atoms with Gasteiger partial charge in [0.1, 0.15) is 5.75 Å². The van der Waals surface area contributed by atoms with Gasteiger partial charge < -0.3 is 24.8 Å². The van der Waals surface area contributed by atoms with Crippen LogP contribution in [0.15, 0.2) is 24.3 Å². The van der Waals surface area contributed by atoms with Crippen LogP contribution in [-0.2, 0) is 11.3 Å². The maximum atomic E-state index is 12.7. The SMILES string of the molecule is COc1ccc(CNC(=S)N2CC[NH+](CC(=O)N3C[C@H](C)C[C@@H](C)C3)CC2)cc1. The van der Waals surface area contributed by atoms with Gasteiger partial charge in [-0.2, -0.15) is 0 Å². The Labute approximate surface area is 180 Å². The number of nitrogens with zero attached hydrogens (tertiary/aromatic N) is 2. The lowest BCUT2D eigenvalue weighted by Gasteiger charge is -2.37. The van der Waals surface area contributed by atoms with Crippen LogP contribution in [0.5, 0.6) is 5.75 Å². The van der Waals surface area contributed by atoms with E-state index >= 15 is 0 Å². The molecule has 1 aromatic rings. The first-order valence-electron chi connectivity index (χ1n) is 10.7. The van der Waals surface area contributed by atoms with E-state index in [4.69, 9.17) is 17.0 Å². The Hall–Kier alpha value is -1.86. The lowest BCUT2D eigenvalue weighted by molar-refractivity contribution is -0.896. The Morgan fingerprint density at radius 1 is 1.14 bits per heavy atom. The Kier molecular flexibility index (Phi) is 7.72. The number of nitrogens with one attached hydrogen (secondary N) is 2. The van der Waals surface area contributed by atoms with Crippen molar-refractivity contribution in [3.63, 3.8) is 0 Å². The third-order valence-electron chi connectivity index (χ3n) is 5.98. The summed E-state index contributed by atoms with van der Waals surface area (Å²) in [6.45, 7) is 11.4. The number of benzene rings is 1. The van der Waals surface area contributed by atoms with Crippen molar-refractivity contribution in [2.45, 2.75) is 26.8 Å². The van der Waals surface area contributed by atoms with Gasteiger partial charge in [0.25, 0.3) is 5.91 Å². The number of methoxy groups -OCH3 is 1. The van der Waals surface area contributed by atoms with Crippen molar-refractivity contribution in [1.29, 1.82) is 0 Å². The van der Waals surface area contributed by atoms with Gasteiger partial charge in [0.15, 0.2) is 11.7 Å². The lowest BCUT2D eigenvalue weighted by atomic mass is 9.92. The Morgan fingerprint density at radius 2 is 1.76 bits per heavy atom. The molecule has 3 rings (SSSR count). The van der Waals surface area contributed by atoms with E-state index in [1.807, 2.05) is 24.3 Å². The summed E-state index contributed by atoms with van der Waals surface area (Å²) in [4.78, 5) is 18.4. The number of ether oxygens (including phenoxy) is 1. The minimum Gasteiger partial charge on any atom is -0.497 e. The highest BCUT2D eigenvalue weighted by molar-refractivity contribution is 7.80. The van der Waals surface area contributed by atoms with Crippen molar-refractivity contribution >= 4 is 23.2 Å². The largest absolute Gasteiger partial charge is 0.497 e. The monoisotopic (exact) mass is 419 g/mol. The zero-order valence-electron chi connectivity index (χ0n) is 17.9. The van der Waals surface area contributed by atoms with E-state index in [9.17, 15) is 4.79 Å². The highest BCUT2D eigenvalue weighted by Gasteiger charge is 2.29. The van der Waals surface area contributed by atoms with Crippen LogP contribution in [-0.4, -0.2) is 73.7 Å². The first kappa shape index (κ1) is 21.8. The first-order chi connectivity index (χ1) is 13.9. The van der Waals surface area contributed by atoms with Crippen LogP contribution in [0, 0.1) is 11.8 Å². The van der Waals surface area contributed by atoms with Gasteiger partial charge >= 0.3 is 0 Å². The van der Waals surface area contributed by atoms with Crippen LogP contribution >= 0.6 is 12.2 Å². The molecule has 1 amide bonds. The molecule has 0 spiro atoms. The molecule has 160 valence electrons. The van der Waals surface area contributed by atoms with E-state index in [1.165, 1.54) is 16.9 Å². The number of carbonyl (C=O) groups excluding carboxylic acids is 1. The Bertz CT molecular complexity index is 679. The minimum absolute atomic E-state index is 0.312. The molecule has 0 saturated carbocycles. The van der Waals surface area contributed by atoms with E-state index in [1.54, 1.807) is 7.11 Å². The number of piperidine rings is 1. The third-order valence-corrected chi connectivity index (χ3v) is 6.39. The molecule has 0 unspecified atom stereocenters. The van der Waals surface area contributed by atoms with Gasteiger partial charge in [-0.3, -0.25) is 4.79 Å². The summed E-state index contributed by atoms with van der Waals surface area (Å²) in [5, 5.41) is 4.15. The zero-order chi connectivity index (χ0) is 20.8. The summed E-state index contributed by atoms with van der Waals surface area (Å²) < 4.78 is 5.19. The standard InChI is InChI=1S/C22H34N4O2S/c1-17-12-18(2)15-26(14-17)21(27)16-24-8-10-25(11-9-24)22(29)23-13-19-4-6-20(28-3)7-5-19/h4-7,17-18H,8-16H2,1-3H3,(H,23,29)/p+1/t17-,18-/m1/s1. The van der Waals surface area contributed by atoms with Crippen LogP contribution in [0.1, 0.15) is 25.8 Å². The molecule has 6 nitrogen and oxygen atoms in total. The molecule has 0 bridgehead atoms. The van der Waals surface area contributed by atoms with Gasteiger partial charge in [0.05, 0.1) is 33.3 Å². The van der Waals surface area contributed by atoms with E-state index in [-0.39, 0.29) is 0 Å². The molecule has 2 fully saturated rings. The van der Waals surface area contributed by atoms with Crippen LogP contribution in [0.4, 0.5) is 0 Å². The fraction of sp³-hybridized carbons (Fsp3) is 0.636. The maximum absolute atomic E-state index is 12.7. The number of rotatable bonds is 5. The topological polar surface area (TPSA) is 49.3 Å². The average Bonchev–Trinajstić information content (AvgIpc) is 2.72. The van der Waals surface area contributed by atoms with Crippen LogP contribution in [0.3, 0.4) is 0 Å². The number of hydrogen-bond donors (Lipinski definition) is 2. The summed E-state index contributed by atoms with van der Waals surface area (Å²) >= 11 is 5.58. The summed E-state index contributed by atoms with van der Waals surface area (Å²) in [6, 6.07) is 8.01. The molecule has 1 aromatic carbocycles. The molecule has 2 aliphatic heterocycles. The highest BCUT2D eigenvalue weighted by Crippen LogP contribution is 2.20. The van der Waals surface area contributed by atoms with Crippen LogP contribution in [0.2, 0.25) is 0 Å². The molecular weight excluding hydrogens is 384 g/mol. The second-order valence-electron chi connectivity index (χ2n) is 8.67. The van der Waals surface area contributed by atoms with E-state index in [0.29, 0.717) is 30.8 Å². The number of likely N-dealkylation sites (tertiary alicyclic amines) is 1. The molecule has 7 heteroatoms. The van der Waals surface area contributed by atoms with Crippen LogP contribution in [0.25, 0.3) is 0 Å². The number of piperazine rings is 1. The molecule has 2 aliphatic rings. The quantitative estimate of drug-likeness (QED) is 0.691. The van der Waals surface area contributed by atoms with Gasteiger partial charge in [-0.15, -0.1) is 0 Å². The second kappa shape index (κ2) is 10.3. The zero-order valence-corrected chi connectivity index (χ0v) is 18.8. The fourth-order valence-electron chi connectivity index (χ4n) is 4.43. The van der Waals surface area contributed by atoms with Gasteiger partial charge in [-0.05, 0) is 48.2 Å². The molecule has 29 heavy (non-hydrogen) atoms. The van der Waals surface area contributed by atoms with E-state index in [2.05, 4.69) is 29.0 Å². The minimum atomic E-state index is 0.312. The summed E-state index contributed by atoms with van der Waals surface area (Å²) in [5.41, 5.74) is 1.17. The van der Waals surface area contributed by atoms with Crippen molar-refractivity contribution in [1.82, 2.24) is 15.1 Å². The highest BCUT2D eigenvalue weighted by atomic mass is 32.1. The number of amides is 1. The number of carbonyl (C=O) groups is 1. The van der Waals surface area contributed by atoms with E-state index in [0.717, 1.165) is 50.1 Å². The summed E-state index contributed by atoms with van der Waals surface area (Å²) in [7, 11) is 1.67. The van der Waals surface area contributed by atoms with Crippen molar-refractivity contribution in [2.75, 3.05) is 52.9 Å². The number of quaternary nitrogens is 1. The molecule has 2 heterocycles. The summed E-state index contributed by atoms with van der Waals surface area (Å²) in [6.07, 6.45) is 1.23. The molecular formula is C22H35N4O2S+. The van der Waals surface area contributed by atoms with Gasteiger partial charge in [-0.25, -0.2) is 0 Å². The number of hydrogen-bond acceptors (Lipinski definition) is 3. The maximum Gasteiger partial charge on any atom is 0.277 e. The fourth-order valence-corrected chi connectivity index (χ4v) is 4.68. The third kappa shape index (κ3) is 6.31.